The van der Waals surface area contributed by atoms with E-state index in [4.69, 9.17) is 16.0 Å². The Hall–Kier alpha value is -0.470. The molecule has 1 heterocycles. The van der Waals surface area contributed by atoms with Crippen LogP contribution in [-0.4, -0.2) is 7.05 Å². The van der Waals surface area contributed by atoms with Gasteiger partial charge in [0.05, 0.1) is 0 Å². The van der Waals surface area contributed by atoms with E-state index in [-0.39, 0.29) is 0 Å². The van der Waals surface area contributed by atoms with Crippen LogP contribution >= 0.6 is 11.6 Å². The minimum atomic E-state index is 0.403. The topological polar surface area (TPSA) is 25.2 Å². The van der Waals surface area contributed by atoms with Crippen molar-refractivity contribution < 1.29 is 4.42 Å². The smallest absolute Gasteiger partial charge is 0.193 e. The molecule has 0 aromatic carbocycles. The molecule has 0 aliphatic heterocycles. The highest BCUT2D eigenvalue weighted by Gasteiger charge is 2.28. The molecular weight excluding hydrogens is 186 g/mol. The maximum Gasteiger partial charge on any atom is 0.193 e. The number of halogens is 1. The highest BCUT2D eigenvalue weighted by molar-refractivity contribution is 6.28. The normalized spacial score (nSPS) is 27.3. The predicted molar refractivity (Wildman–Crippen MR) is 53.0 cm³/mol. The number of nitrogens with one attached hydrogen (secondary N) is 1. The van der Waals surface area contributed by atoms with Crippen LogP contribution < -0.4 is 5.32 Å². The summed E-state index contributed by atoms with van der Waals surface area (Å²) in [6, 6.07) is 2.34. The molecule has 72 valence electrons. The zero-order chi connectivity index (χ0) is 9.42. The van der Waals surface area contributed by atoms with Crippen LogP contribution in [0.1, 0.15) is 30.7 Å². The van der Waals surface area contributed by atoms with Crippen molar-refractivity contribution in [3.8, 4) is 0 Å². The number of hydrogen-bond acceptors (Lipinski definition) is 2. The Morgan fingerprint density at radius 1 is 1.62 bits per heavy atom. The van der Waals surface area contributed by atoms with Crippen molar-refractivity contribution >= 4 is 11.6 Å². The Bertz CT molecular complexity index is 308. The summed E-state index contributed by atoms with van der Waals surface area (Å²) in [7, 11) is 1.98. The number of aryl methyl sites for hydroxylation is 1. The molecule has 2 atom stereocenters. The molecule has 0 amide bonds. The molecule has 2 rings (SSSR count). The summed E-state index contributed by atoms with van der Waals surface area (Å²) in [5, 5.41) is 3.82. The molecule has 1 aromatic heterocycles. The third kappa shape index (κ3) is 1.49. The Labute approximate surface area is 83.3 Å². The summed E-state index contributed by atoms with van der Waals surface area (Å²) in [5.41, 5.74) is 1.24. The van der Waals surface area contributed by atoms with Crippen molar-refractivity contribution in [3.05, 3.63) is 22.6 Å². The highest BCUT2D eigenvalue weighted by atomic mass is 35.5. The molecule has 0 saturated heterocycles. The van der Waals surface area contributed by atoms with Gasteiger partial charge in [0.25, 0.3) is 0 Å². The summed E-state index contributed by atoms with van der Waals surface area (Å²) in [6.07, 6.45) is 2.18. The average molecular weight is 200 g/mol. The zero-order valence-electron chi connectivity index (χ0n) is 7.93. The molecule has 1 aromatic rings. The van der Waals surface area contributed by atoms with Crippen molar-refractivity contribution in [2.75, 3.05) is 7.05 Å². The minimum absolute atomic E-state index is 0.403. The van der Waals surface area contributed by atoms with Gasteiger partial charge < -0.3 is 9.73 Å². The third-order valence-electron chi connectivity index (χ3n) is 2.85. The van der Waals surface area contributed by atoms with Crippen LogP contribution in [0.15, 0.2) is 10.5 Å². The second kappa shape index (κ2) is 3.35. The Kier molecular flexibility index (Phi) is 2.35. The molecule has 1 aliphatic carbocycles. The fourth-order valence-corrected chi connectivity index (χ4v) is 2.35. The molecule has 0 radical (unpaired) electrons. The lowest BCUT2D eigenvalue weighted by molar-refractivity contribution is 0.337. The van der Waals surface area contributed by atoms with Gasteiger partial charge in [0, 0.05) is 24.1 Å². The third-order valence-corrected chi connectivity index (χ3v) is 3.04. The van der Waals surface area contributed by atoms with Gasteiger partial charge >= 0.3 is 0 Å². The van der Waals surface area contributed by atoms with E-state index in [2.05, 4.69) is 12.2 Å². The van der Waals surface area contributed by atoms with Crippen LogP contribution in [0, 0.1) is 5.92 Å². The fourth-order valence-electron chi connectivity index (χ4n) is 2.14. The largest absolute Gasteiger partial charge is 0.449 e. The number of fused-ring (bicyclic) bond motifs is 1. The number of furan rings is 1. The molecule has 0 saturated carbocycles. The highest BCUT2D eigenvalue weighted by Crippen LogP contribution is 2.36. The summed E-state index contributed by atoms with van der Waals surface area (Å²) in [5.74, 6) is 1.72. The van der Waals surface area contributed by atoms with Crippen LogP contribution in [0.4, 0.5) is 0 Å². The summed E-state index contributed by atoms with van der Waals surface area (Å²) in [6.45, 7) is 2.25. The molecule has 0 spiro atoms. The lowest BCUT2D eigenvalue weighted by atomic mass is 9.85. The van der Waals surface area contributed by atoms with Gasteiger partial charge in [0.1, 0.15) is 5.76 Å². The van der Waals surface area contributed by atoms with Gasteiger partial charge in [-0.25, -0.2) is 0 Å². The van der Waals surface area contributed by atoms with Crippen LogP contribution in [0.2, 0.25) is 5.22 Å². The van der Waals surface area contributed by atoms with Crippen LogP contribution in [-0.2, 0) is 6.42 Å². The van der Waals surface area contributed by atoms with Crippen molar-refractivity contribution in [2.24, 2.45) is 5.92 Å². The van der Waals surface area contributed by atoms with E-state index in [1.807, 2.05) is 13.1 Å². The fraction of sp³-hybridized carbons (Fsp3) is 0.600. The number of rotatable bonds is 1. The number of hydrogen-bond donors (Lipinski definition) is 1. The maximum atomic E-state index is 5.83. The van der Waals surface area contributed by atoms with E-state index in [9.17, 15) is 0 Å². The standard InChI is InChI=1S/C10H14ClNO/c1-6-3-4-8-7(10(6)12-2)5-9(11)13-8/h5-6,10,12H,3-4H2,1-2H3. The van der Waals surface area contributed by atoms with Gasteiger partial charge in [0.15, 0.2) is 5.22 Å². The lowest BCUT2D eigenvalue weighted by Gasteiger charge is -2.27. The Balaban J connectivity index is 2.38. The van der Waals surface area contributed by atoms with Crippen molar-refractivity contribution in [1.82, 2.24) is 5.32 Å². The molecule has 2 unspecified atom stereocenters. The quantitative estimate of drug-likeness (QED) is 0.753. The van der Waals surface area contributed by atoms with E-state index in [0.717, 1.165) is 12.2 Å². The molecule has 13 heavy (non-hydrogen) atoms. The summed E-state index contributed by atoms with van der Waals surface area (Å²) in [4.78, 5) is 0. The SMILES string of the molecule is CNC1c2cc(Cl)oc2CCC1C. The van der Waals surface area contributed by atoms with E-state index < -0.39 is 0 Å². The average Bonchev–Trinajstić information content (AvgIpc) is 2.45. The second-order valence-corrected chi connectivity index (χ2v) is 4.08. The first-order valence-electron chi connectivity index (χ1n) is 4.67. The molecule has 1 aliphatic rings. The van der Waals surface area contributed by atoms with Crippen LogP contribution in [0.3, 0.4) is 0 Å². The van der Waals surface area contributed by atoms with Gasteiger partial charge in [-0.2, -0.15) is 0 Å². The second-order valence-electron chi connectivity index (χ2n) is 3.71. The summed E-state index contributed by atoms with van der Waals surface area (Å²) < 4.78 is 5.41. The van der Waals surface area contributed by atoms with E-state index in [0.29, 0.717) is 17.2 Å². The van der Waals surface area contributed by atoms with Crippen LogP contribution in [0.25, 0.3) is 0 Å². The first-order chi connectivity index (χ1) is 6.22. The molecule has 1 N–H and O–H groups in total. The monoisotopic (exact) mass is 199 g/mol. The Morgan fingerprint density at radius 3 is 3.08 bits per heavy atom. The molecule has 2 nitrogen and oxygen atoms in total. The first-order valence-corrected chi connectivity index (χ1v) is 5.05. The van der Waals surface area contributed by atoms with Gasteiger partial charge in [-0.1, -0.05) is 6.92 Å². The van der Waals surface area contributed by atoms with E-state index in [1.165, 1.54) is 12.0 Å². The molecular formula is C10H14ClNO. The van der Waals surface area contributed by atoms with Crippen LogP contribution in [0.5, 0.6) is 0 Å². The van der Waals surface area contributed by atoms with Gasteiger partial charge in [0.2, 0.25) is 0 Å². The predicted octanol–water partition coefficient (Wildman–Crippen LogP) is 2.78. The van der Waals surface area contributed by atoms with Crippen molar-refractivity contribution in [3.63, 3.8) is 0 Å². The van der Waals surface area contributed by atoms with Gasteiger partial charge in [-0.3, -0.25) is 0 Å². The minimum Gasteiger partial charge on any atom is -0.449 e. The van der Waals surface area contributed by atoms with E-state index in [1.54, 1.807) is 0 Å². The van der Waals surface area contributed by atoms with E-state index >= 15 is 0 Å². The zero-order valence-corrected chi connectivity index (χ0v) is 8.69. The van der Waals surface area contributed by atoms with Gasteiger partial charge in [-0.05, 0) is 31.0 Å². The molecule has 3 heteroatoms. The lowest BCUT2D eigenvalue weighted by Crippen LogP contribution is -2.27. The summed E-state index contributed by atoms with van der Waals surface area (Å²) >= 11 is 5.83. The van der Waals surface area contributed by atoms with Gasteiger partial charge in [-0.15, -0.1) is 0 Å². The molecule has 0 bridgehead atoms. The molecule has 0 fully saturated rings. The van der Waals surface area contributed by atoms with Crippen molar-refractivity contribution in [2.45, 2.75) is 25.8 Å². The Morgan fingerprint density at radius 2 is 2.38 bits per heavy atom. The first kappa shape index (κ1) is 9.10. The van der Waals surface area contributed by atoms with Crippen molar-refractivity contribution in [1.29, 1.82) is 0 Å². The maximum absolute atomic E-state index is 5.83.